The van der Waals surface area contributed by atoms with Gasteiger partial charge in [-0.05, 0) is 6.42 Å². The van der Waals surface area contributed by atoms with Crippen molar-refractivity contribution >= 4 is 20.6 Å². The normalized spacial score (nSPS) is 28.3. The van der Waals surface area contributed by atoms with E-state index < -0.39 is 32.0 Å². The van der Waals surface area contributed by atoms with Crippen LogP contribution in [0.4, 0.5) is 0 Å². The average Bonchev–Trinajstić information content (AvgIpc) is 2.57. The van der Waals surface area contributed by atoms with E-state index in [-0.39, 0.29) is 11.5 Å². The molecule has 0 radical (unpaired) electrons. The van der Waals surface area contributed by atoms with Crippen LogP contribution in [-0.2, 0) is 20.6 Å². The van der Waals surface area contributed by atoms with E-state index in [1.165, 1.54) is 19.3 Å². The van der Waals surface area contributed by atoms with E-state index in [9.17, 15) is 17.7 Å². The number of aliphatic hydroxyl groups excluding tert-OH is 1. The summed E-state index contributed by atoms with van der Waals surface area (Å²) in [6.07, 6.45) is 5.78. The maximum atomic E-state index is 11.9. The molecule has 4 nitrogen and oxygen atoms in total. The van der Waals surface area contributed by atoms with Gasteiger partial charge in [0, 0.05) is 16.6 Å². The van der Waals surface area contributed by atoms with Gasteiger partial charge in [-0.3, -0.25) is 4.21 Å². The molecule has 1 heterocycles. The maximum Gasteiger partial charge on any atom is 0.154 e. The van der Waals surface area contributed by atoms with Crippen LogP contribution in [-0.4, -0.2) is 46.3 Å². The van der Waals surface area contributed by atoms with Gasteiger partial charge >= 0.3 is 0 Å². The van der Waals surface area contributed by atoms with E-state index >= 15 is 0 Å². The summed E-state index contributed by atoms with van der Waals surface area (Å²) in [5.41, 5.74) is 0. The number of hydrogen-bond donors (Lipinski definition) is 1. The molecule has 0 bridgehead atoms. The highest BCUT2D eigenvalue weighted by Gasteiger charge is 2.39. The standard InChI is InChI=1S/C12H24O4S2/c1-2-3-4-5-6-7-8-17(14)12-10-18(15,16)9-11(12)13/h11-13H,2-10H2,1H3/t11-,12+,17+/m0/s1. The summed E-state index contributed by atoms with van der Waals surface area (Å²) in [6, 6.07) is 0. The summed E-state index contributed by atoms with van der Waals surface area (Å²) in [6.45, 7) is 2.16. The lowest BCUT2D eigenvalue weighted by atomic mass is 10.1. The summed E-state index contributed by atoms with van der Waals surface area (Å²) in [7, 11) is -4.38. The molecule has 0 saturated carbocycles. The fourth-order valence-electron chi connectivity index (χ4n) is 2.22. The van der Waals surface area contributed by atoms with Gasteiger partial charge in [-0.2, -0.15) is 0 Å². The van der Waals surface area contributed by atoms with Crippen molar-refractivity contribution < 1.29 is 17.7 Å². The molecule has 3 atom stereocenters. The molecule has 1 fully saturated rings. The van der Waals surface area contributed by atoms with Crippen molar-refractivity contribution in [1.29, 1.82) is 0 Å². The number of aliphatic hydroxyl groups is 1. The molecule has 0 aromatic carbocycles. The summed E-state index contributed by atoms with van der Waals surface area (Å²) in [5, 5.41) is 9.03. The zero-order valence-electron chi connectivity index (χ0n) is 11.0. The van der Waals surface area contributed by atoms with Crippen LogP contribution in [0.25, 0.3) is 0 Å². The molecule has 1 aliphatic rings. The lowest BCUT2D eigenvalue weighted by Crippen LogP contribution is -2.30. The Hall–Kier alpha value is 0.0600. The average molecular weight is 296 g/mol. The summed E-state index contributed by atoms with van der Waals surface area (Å²) in [5.74, 6) is 0.180. The van der Waals surface area contributed by atoms with Crippen molar-refractivity contribution in [3.8, 4) is 0 Å². The van der Waals surface area contributed by atoms with Crippen LogP contribution in [0.5, 0.6) is 0 Å². The van der Waals surface area contributed by atoms with Gasteiger partial charge < -0.3 is 5.11 Å². The zero-order valence-corrected chi connectivity index (χ0v) is 12.6. The van der Waals surface area contributed by atoms with Crippen molar-refractivity contribution in [2.75, 3.05) is 17.3 Å². The number of unbranched alkanes of at least 4 members (excludes halogenated alkanes) is 5. The van der Waals surface area contributed by atoms with E-state index in [0.29, 0.717) is 5.75 Å². The zero-order chi connectivity index (χ0) is 13.6. The fraction of sp³-hybridized carbons (Fsp3) is 1.00. The number of sulfone groups is 1. The van der Waals surface area contributed by atoms with Gasteiger partial charge in [-0.15, -0.1) is 0 Å². The first-order valence-electron chi connectivity index (χ1n) is 6.72. The second kappa shape index (κ2) is 7.60. The highest BCUT2D eigenvalue weighted by atomic mass is 32.2. The molecule has 0 unspecified atom stereocenters. The predicted molar refractivity (Wildman–Crippen MR) is 74.8 cm³/mol. The highest BCUT2D eigenvalue weighted by molar-refractivity contribution is 7.94. The second-order valence-corrected chi connectivity index (χ2v) is 8.96. The van der Waals surface area contributed by atoms with Crippen LogP contribution in [0.15, 0.2) is 0 Å². The molecule has 1 saturated heterocycles. The minimum absolute atomic E-state index is 0.114. The first-order chi connectivity index (χ1) is 8.46. The lowest BCUT2D eigenvalue weighted by molar-refractivity contribution is 0.206. The van der Waals surface area contributed by atoms with E-state index in [1.54, 1.807) is 0 Å². The predicted octanol–water partition coefficient (Wildman–Crippen LogP) is 1.25. The third-order valence-corrected chi connectivity index (χ3v) is 7.08. The molecule has 1 N–H and O–H groups in total. The van der Waals surface area contributed by atoms with Crippen LogP contribution >= 0.6 is 0 Å². The molecule has 108 valence electrons. The quantitative estimate of drug-likeness (QED) is 0.684. The van der Waals surface area contributed by atoms with Gasteiger partial charge in [-0.25, -0.2) is 8.42 Å². The Balaban J connectivity index is 2.21. The topological polar surface area (TPSA) is 71.4 Å². The van der Waals surface area contributed by atoms with Crippen LogP contribution in [0.3, 0.4) is 0 Å². The Morgan fingerprint density at radius 1 is 1.11 bits per heavy atom. The molecular weight excluding hydrogens is 272 g/mol. The van der Waals surface area contributed by atoms with E-state index in [4.69, 9.17) is 0 Å². The third-order valence-electron chi connectivity index (χ3n) is 3.31. The summed E-state index contributed by atoms with van der Waals surface area (Å²) >= 11 is 0. The molecule has 0 aliphatic carbocycles. The molecule has 1 rings (SSSR count). The number of hydrogen-bond acceptors (Lipinski definition) is 4. The molecule has 0 amide bonds. The molecule has 1 aliphatic heterocycles. The van der Waals surface area contributed by atoms with Crippen LogP contribution < -0.4 is 0 Å². The van der Waals surface area contributed by atoms with Crippen LogP contribution in [0, 0.1) is 0 Å². The number of rotatable bonds is 8. The molecule has 0 aromatic heterocycles. The van der Waals surface area contributed by atoms with Crippen molar-refractivity contribution in [2.45, 2.75) is 56.8 Å². The minimum atomic E-state index is -3.18. The maximum absolute atomic E-state index is 11.9. The lowest BCUT2D eigenvalue weighted by Gasteiger charge is -2.12. The monoisotopic (exact) mass is 296 g/mol. The van der Waals surface area contributed by atoms with Gasteiger partial charge in [-0.1, -0.05) is 39.0 Å². The molecule has 0 aromatic rings. The third kappa shape index (κ3) is 5.36. The van der Waals surface area contributed by atoms with Crippen LogP contribution in [0.1, 0.15) is 45.4 Å². The Morgan fingerprint density at radius 3 is 2.28 bits per heavy atom. The molecule has 6 heteroatoms. The minimum Gasteiger partial charge on any atom is -0.391 e. The van der Waals surface area contributed by atoms with Gasteiger partial charge in [0.25, 0.3) is 0 Å². The van der Waals surface area contributed by atoms with Crippen molar-refractivity contribution in [3.05, 3.63) is 0 Å². The van der Waals surface area contributed by atoms with Gasteiger partial charge in [0.05, 0.1) is 22.9 Å². The highest BCUT2D eigenvalue weighted by Crippen LogP contribution is 2.19. The van der Waals surface area contributed by atoms with Crippen molar-refractivity contribution in [1.82, 2.24) is 0 Å². The first-order valence-corrected chi connectivity index (χ1v) is 9.92. The van der Waals surface area contributed by atoms with Crippen LogP contribution in [0.2, 0.25) is 0 Å². The Bertz CT molecular complexity index is 364. The Morgan fingerprint density at radius 2 is 1.72 bits per heavy atom. The Kier molecular flexibility index (Phi) is 6.81. The van der Waals surface area contributed by atoms with E-state index in [0.717, 1.165) is 19.3 Å². The smallest absolute Gasteiger partial charge is 0.154 e. The summed E-state index contributed by atoms with van der Waals surface area (Å²) in [4.78, 5) is 0. The van der Waals surface area contributed by atoms with Crippen molar-refractivity contribution in [2.24, 2.45) is 0 Å². The van der Waals surface area contributed by atoms with Gasteiger partial charge in [0.2, 0.25) is 0 Å². The van der Waals surface area contributed by atoms with E-state index in [1.807, 2.05) is 0 Å². The van der Waals surface area contributed by atoms with Gasteiger partial charge in [0.1, 0.15) is 0 Å². The fourth-order valence-corrected chi connectivity index (χ4v) is 6.42. The van der Waals surface area contributed by atoms with Gasteiger partial charge in [0.15, 0.2) is 9.84 Å². The largest absolute Gasteiger partial charge is 0.391 e. The molecular formula is C12H24O4S2. The molecule has 0 spiro atoms. The van der Waals surface area contributed by atoms with Crippen molar-refractivity contribution in [3.63, 3.8) is 0 Å². The SMILES string of the molecule is CCCCCCCC[S@@](=O)[C@@H]1CS(=O)(=O)C[C@@H]1O. The second-order valence-electron chi connectivity index (χ2n) is 5.04. The first kappa shape index (κ1) is 16.1. The summed E-state index contributed by atoms with van der Waals surface area (Å²) < 4.78 is 34.5. The Labute approximate surface area is 113 Å². The van der Waals surface area contributed by atoms with E-state index in [2.05, 4.69) is 6.92 Å². The molecule has 18 heavy (non-hydrogen) atoms.